The van der Waals surface area contributed by atoms with Crippen molar-refractivity contribution in [3.63, 3.8) is 0 Å². The second kappa shape index (κ2) is 4.42. The van der Waals surface area contributed by atoms with Gasteiger partial charge < -0.3 is 10.4 Å². The van der Waals surface area contributed by atoms with Gasteiger partial charge in [0.1, 0.15) is 11.3 Å². The molecular formula is C12H13N3O2. The van der Waals surface area contributed by atoms with Gasteiger partial charge in [0.15, 0.2) is 0 Å². The van der Waals surface area contributed by atoms with Crippen molar-refractivity contribution in [1.29, 1.82) is 5.26 Å². The summed E-state index contributed by atoms with van der Waals surface area (Å²) in [6, 6.07) is 3.60. The van der Waals surface area contributed by atoms with Crippen molar-refractivity contribution in [2.75, 3.05) is 0 Å². The van der Waals surface area contributed by atoms with Crippen molar-refractivity contribution in [2.45, 2.75) is 31.2 Å². The molecule has 88 valence electrons. The van der Waals surface area contributed by atoms with Crippen molar-refractivity contribution in [2.24, 2.45) is 0 Å². The first-order valence-electron chi connectivity index (χ1n) is 5.54. The van der Waals surface area contributed by atoms with Gasteiger partial charge in [-0.25, -0.2) is 0 Å². The summed E-state index contributed by atoms with van der Waals surface area (Å²) < 4.78 is 0. The number of nitrogens with zero attached hydrogens (tertiary/aromatic N) is 2. The summed E-state index contributed by atoms with van der Waals surface area (Å²) in [5.74, 6) is -0.593. The van der Waals surface area contributed by atoms with Crippen LogP contribution in [0.5, 0.6) is 5.75 Å². The van der Waals surface area contributed by atoms with Crippen LogP contribution in [0.15, 0.2) is 18.5 Å². The summed E-state index contributed by atoms with van der Waals surface area (Å²) in [7, 11) is 0. The largest absolute Gasteiger partial charge is 0.505 e. The number of hydrogen-bond acceptors (Lipinski definition) is 4. The molecule has 5 heteroatoms. The highest BCUT2D eigenvalue weighted by Crippen LogP contribution is 2.29. The summed E-state index contributed by atoms with van der Waals surface area (Å²) >= 11 is 0. The van der Waals surface area contributed by atoms with Crippen molar-refractivity contribution in [3.05, 3.63) is 24.0 Å². The van der Waals surface area contributed by atoms with E-state index in [4.69, 9.17) is 5.26 Å². The van der Waals surface area contributed by atoms with E-state index in [0.717, 1.165) is 12.8 Å². The third kappa shape index (κ3) is 2.21. The second-order valence-corrected chi connectivity index (χ2v) is 4.25. The minimum absolute atomic E-state index is 0.154. The van der Waals surface area contributed by atoms with Crippen LogP contribution in [0.3, 0.4) is 0 Å². The first kappa shape index (κ1) is 11.4. The summed E-state index contributed by atoms with van der Waals surface area (Å²) in [5.41, 5.74) is -0.617. The fourth-order valence-electron chi connectivity index (χ4n) is 2.11. The van der Waals surface area contributed by atoms with Crippen LogP contribution in [-0.4, -0.2) is 21.5 Å². The summed E-state index contributed by atoms with van der Waals surface area (Å²) in [4.78, 5) is 15.6. The van der Waals surface area contributed by atoms with Crippen LogP contribution < -0.4 is 5.32 Å². The summed E-state index contributed by atoms with van der Waals surface area (Å²) in [6.45, 7) is 0. The molecule has 1 aliphatic rings. The van der Waals surface area contributed by atoms with E-state index < -0.39 is 11.4 Å². The van der Waals surface area contributed by atoms with Crippen LogP contribution in [0.1, 0.15) is 36.0 Å². The van der Waals surface area contributed by atoms with Crippen LogP contribution in [0.2, 0.25) is 0 Å². The molecule has 0 radical (unpaired) electrons. The van der Waals surface area contributed by atoms with Gasteiger partial charge in [-0.3, -0.25) is 9.78 Å². The van der Waals surface area contributed by atoms with E-state index in [1.165, 1.54) is 18.5 Å². The average molecular weight is 231 g/mol. The normalized spacial score (nSPS) is 17.4. The zero-order valence-electron chi connectivity index (χ0n) is 9.31. The Labute approximate surface area is 99.1 Å². The lowest BCUT2D eigenvalue weighted by Gasteiger charge is -2.22. The Hall–Kier alpha value is -2.09. The molecule has 1 heterocycles. The molecular weight excluding hydrogens is 218 g/mol. The number of carbonyl (C=O) groups is 1. The first-order valence-corrected chi connectivity index (χ1v) is 5.54. The van der Waals surface area contributed by atoms with Crippen molar-refractivity contribution >= 4 is 5.91 Å². The predicted molar refractivity (Wildman–Crippen MR) is 60.2 cm³/mol. The molecule has 1 saturated carbocycles. The lowest BCUT2D eigenvalue weighted by atomic mass is 9.99. The standard InChI is InChI=1S/C12H13N3O2/c13-8-12(4-1-2-5-12)15-11(17)9-3-6-14-7-10(9)16/h3,6-7,16H,1-2,4-5H2,(H,15,17). The highest BCUT2D eigenvalue weighted by molar-refractivity contribution is 5.97. The van der Waals surface area contributed by atoms with Crippen molar-refractivity contribution in [1.82, 2.24) is 10.3 Å². The van der Waals surface area contributed by atoms with Crippen LogP contribution in [-0.2, 0) is 0 Å². The molecule has 0 aliphatic heterocycles. The van der Waals surface area contributed by atoms with Gasteiger partial charge in [0, 0.05) is 6.20 Å². The quantitative estimate of drug-likeness (QED) is 0.804. The summed E-state index contributed by atoms with van der Waals surface area (Å²) in [6.07, 6.45) is 5.86. The van der Waals surface area contributed by atoms with Gasteiger partial charge in [0.05, 0.1) is 17.8 Å². The molecule has 5 nitrogen and oxygen atoms in total. The Bertz CT molecular complexity index is 473. The van der Waals surface area contributed by atoms with E-state index in [9.17, 15) is 9.90 Å². The van der Waals surface area contributed by atoms with Gasteiger partial charge in [-0.2, -0.15) is 5.26 Å². The Kier molecular flexibility index (Phi) is 2.96. The zero-order valence-corrected chi connectivity index (χ0v) is 9.31. The van der Waals surface area contributed by atoms with Gasteiger partial charge in [-0.1, -0.05) is 0 Å². The number of hydrogen-bond donors (Lipinski definition) is 2. The minimum atomic E-state index is -0.771. The molecule has 2 N–H and O–H groups in total. The number of nitriles is 1. The Balaban J connectivity index is 2.17. The lowest BCUT2D eigenvalue weighted by molar-refractivity contribution is 0.0918. The number of pyridine rings is 1. The van der Waals surface area contributed by atoms with Crippen molar-refractivity contribution in [3.8, 4) is 11.8 Å². The number of nitrogens with one attached hydrogen (secondary N) is 1. The number of amides is 1. The molecule has 0 spiro atoms. The molecule has 1 aromatic heterocycles. The fraction of sp³-hybridized carbons (Fsp3) is 0.417. The molecule has 1 amide bonds. The maximum atomic E-state index is 11.9. The van der Waals surface area contributed by atoms with E-state index in [1.807, 2.05) is 0 Å². The predicted octanol–water partition coefficient (Wildman–Crippen LogP) is 1.35. The number of carbonyl (C=O) groups excluding carboxylic acids is 1. The zero-order chi connectivity index (χ0) is 12.3. The number of aromatic hydroxyl groups is 1. The van der Waals surface area contributed by atoms with Crippen LogP contribution in [0.4, 0.5) is 0 Å². The number of aromatic nitrogens is 1. The fourth-order valence-corrected chi connectivity index (χ4v) is 2.11. The Morgan fingerprint density at radius 2 is 2.24 bits per heavy atom. The summed E-state index contributed by atoms with van der Waals surface area (Å²) in [5, 5.41) is 21.4. The molecule has 0 aromatic carbocycles. The van der Waals surface area contributed by atoms with E-state index in [2.05, 4.69) is 16.4 Å². The second-order valence-electron chi connectivity index (χ2n) is 4.25. The highest BCUT2D eigenvalue weighted by Gasteiger charge is 2.35. The van der Waals surface area contributed by atoms with Gasteiger partial charge in [-0.05, 0) is 31.7 Å². The molecule has 1 fully saturated rings. The third-order valence-corrected chi connectivity index (χ3v) is 3.07. The van der Waals surface area contributed by atoms with Crippen LogP contribution in [0, 0.1) is 11.3 Å². The van der Waals surface area contributed by atoms with Gasteiger partial charge in [-0.15, -0.1) is 0 Å². The Morgan fingerprint density at radius 3 is 2.82 bits per heavy atom. The van der Waals surface area contributed by atoms with Crippen LogP contribution in [0.25, 0.3) is 0 Å². The maximum absolute atomic E-state index is 11.9. The average Bonchev–Trinajstić information content (AvgIpc) is 2.79. The first-order chi connectivity index (χ1) is 8.17. The van der Waals surface area contributed by atoms with Gasteiger partial charge in [0.25, 0.3) is 5.91 Å². The van der Waals surface area contributed by atoms with Crippen molar-refractivity contribution < 1.29 is 9.90 Å². The highest BCUT2D eigenvalue weighted by atomic mass is 16.3. The molecule has 1 aromatic rings. The van der Waals surface area contributed by atoms with Gasteiger partial charge >= 0.3 is 0 Å². The number of rotatable bonds is 2. The van der Waals surface area contributed by atoms with Gasteiger partial charge in [0.2, 0.25) is 0 Å². The lowest BCUT2D eigenvalue weighted by Crippen LogP contribution is -2.45. The smallest absolute Gasteiger partial charge is 0.256 e. The SMILES string of the molecule is N#CC1(NC(=O)c2ccncc2O)CCCC1. The third-order valence-electron chi connectivity index (χ3n) is 3.07. The Morgan fingerprint density at radius 1 is 1.53 bits per heavy atom. The van der Waals surface area contributed by atoms with E-state index >= 15 is 0 Å². The monoisotopic (exact) mass is 231 g/mol. The van der Waals surface area contributed by atoms with Crippen LogP contribution >= 0.6 is 0 Å². The van der Waals surface area contributed by atoms with E-state index in [0.29, 0.717) is 12.8 Å². The molecule has 17 heavy (non-hydrogen) atoms. The molecule has 0 atom stereocenters. The molecule has 1 aliphatic carbocycles. The minimum Gasteiger partial charge on any atom is -0.505 e. The topological polar surface area (TPSA) is 86.0 Å². The van der Waals surface area contributed by atoms with E-state index in [1.54, 1.807) is 0 Å². The molecule has 2 rings (SSSR count). The van der Waals surface area contributed by atoms with E-state index in [-0.39, 0.29) is 11.3 Å². The molecule has 0 bridgehead atoms. The molecule has 0 unspecified atom stereocenters. The maximum Gasteiger partial charge on any atom is 0.256 e. The molecule has 0 saturated heterocycles.